The lowest BCUT2D eigenvalue weighted by Crippen LogP contribution is -2.40. The van der Waals surface area contributed by atoms with Crippen molar-refractivity contribution in [3.05, 3.63) is 51.2 Å². The van der Waals surface area contributed by atoms with Crippen LogP contribution in [0, 0.1) is 0 Å². The van der Waals surface area contributed by atoms with Gasteiger partial charge in [-0.05, 0) is 24.6 Å². The number of aromatic amines is 1. The molecule has 1 aromatic carbocycles. The van der Waals surface area contributed by atoms with Crippen LogP contribution < -0.4 is 20.9 Å². The number of carbonyl (C=O) groups is 2. The van der Waals surface area contributed by atoms with Crippen molar-refractivity contribution in [1.29, 1.82) is 0 Å². The van der Waals surface area contributed by atoms with Gasteiger partial charge in [0.1, 0.15) is 23.6 Å². The van der Waals surface area contributed by atoms with Gasteiger partial charge in [0.05, 0.1) is 31.4 Å². The van der Waals surface area contributed by atoms with Gasteiger partial charge in [-0.25, -0.2) is 4.98 Å². The predicted octanol–water partition coefficient (Wildman–Crippen LogP) is 0.441. The highest BCUT2D eigenvalue weighted by molar-refractivity contribution is 6.31. The summed E-state index contributed by atoms with van der Waals surface area (Å²) in [6.45, 7) is 1.71. The second-order valence-corrected chi connectivity index (χ2v) is 8.11. The van der Waals surface area contributed by atoms with Crippen LogP contribution in [0.25, 0.3) is 11.0 Å². The molecule has 0 aliphatic carbocycles. The van der Waals surface area contributed by atoms with Crippen molar-refractivity contribution in [2.24, 2.45) is 7.05 Å². The second-order valence-electron chi connectivity index (χ2n) is 7.68. The number of rotatable bonds is 2. The quantitative estimate of drug-likeness (QED) is 0.491. The van der Waals surface area contributed by atoms with Crippen LogP contribution in [0.1, 0.15) is 22.6 Å². The highest BCUT2D eigenvalue weighted by Gasteiger charge is 2.17. The summed E-state index contributed by atoms with van der Waals surface area (Å²) >= 11 is 6.04. The Balaban J connectivity index is 1.49. The van der Waals surface area contributed by atoms with E-state index >= 15 is 0 Å². The largest absolute Gasteiger partial charge is 0.491 e. The van der Waals surface area contributed by atoms with Gasteiger partial charge in [-0.2, -0.15) is 5.10 Å². The molecule has 12 heteroatoms. The minimum absolute atomic E-state index is 0.104. The number of nitrogens with one attached hydrogen (secondary N) is 3. The molecule has 2 amide bonds. The van der Waals surface area contributed by atoms with Crippen LogP contribution >= 0.6 is 11.6 Å². The fourth-order valence-electron chi connectivity index (χ4n) is 3.59. The van der Waals surface area contributed by atoms with Gasteiger partial charge in [0.15, 0.2) is 5.65 Å². The summed E-state index contributed by atoms with van der Waals surface area (Å²) in [6.07, 6.45) is 2.05. The molecule has 0 fully saturated rings. The molecule has 0 saturated carbocycles. The third kappa shape index (κ3) is 5.49. The van der Waals surface area contributed by atoms with Gasteiger partial charge >= 0.3 is 0 Å². The lowest BCUT2D eigenvalue weighted by molar-refractivity contribution is -0.122. The van der Waals surface area contributed by atoms with Gasteiger partial charge < -0.3 is 20.4 Å². The molecule has 4 rings (SSSR count). The molecule has 3 aromatic rings. The third-order valence-electron chi connectivity index (χ3n) is 5.20. The van der Waals surface area contributed by atoms with E-state index in [0.29, 0.717) is 52.7 Å². The maximum atomic E-state index is 12.6. The van der Waals surface area contributed by atoms with Crippen LogP contribution in [-0.4, -0.2) is 69.2 Å². The highest BCUT2D eigenvalue weighted by Crippen LogP contribution is 2.23. The maximum absolute atomic E-state index is 12.6. The summed E-state index contributed by atoms with van der Waals surface area (Å²) in [6, 6.07) is 4.84. The number of H-pyrrole nitrogens is 1. The molecular weight excluding hydrogens is 450 g/mol. The molecule has 1 aliphatic rings. The maximum Gasteiger partial charge on any atom is 0.262 e. The normalized spacial score (nSPS) is 16.4. The van der Waals surface area contributed by atoms with Crippen molar-refractivity contribution in [3.63, 3.8) is 0 Å². The molecular formula is C21H24ClN7O4. The van der Waals surface area contributed by atoms with Gasteiger partial charge in [-0.1, -0.05) is 11.6 Å². The van der Waals surface area contributed by atoms with Gasteiger partial charge in [0, 0.05) is 25.2 Å². The number of halogens is 1. The zero-order valence-electron chi connectivity index (χ0n) is 18.1. The predicted molar refractivity (Wildman–Crippen MR) is 121 cm³/mol. The summed E-state index contributed by atoms with van der Waals surface area (Å²) in [5, 5.41) is 10.6. The highest BCUT2D eigenvalue weighted by atomic mass is 35.5. The van der Waals surface area contributed by atoms with Gasteiger partial charge in [0.2, 0.25) is 5.91 Å². The van der Waals surface area contributed by atoms with Crippen LogP contribution in [0.5, 0.6) is 5.75 Å². The fourth-order valence-corrected chi connectivity index (χ4v) is 3.77. The zero-order valence-corrected chi connectivity index (χ0v) is 18.8. The Labute approximate surface area is 194 Å². The number of hydrogen-bond acceptors (Lipinski definition) is 7. The molecule has 33 heavy (non-hydrogen) atoms. The summed E-state index contributed by atoms with van der Waals surface area (Å²) in [5.41, 5.74) is 0.535. The number of hydrogen-bond donors (Lipinski definition) is 3. The molecule has 0 atom stereocenters. The Morgan fingerprint density at radius 1 is 1.18 bits per heavy atom. The molecule has 3 N–H and O–H groups in total. The molecule has 0 unspecified atom stereocenters. The Hall–Kier alpha value is -3.44. The van der Waals surface area contributed by atoms with E-state index in [-0.39, 0.29) is 43.6 Å². The Kier molecular flexibility index (Phi) is 6.90. The first-order chi connectivity index (χ1) is 15.9. The molecule has 11 nitrogen and oxygen atoms in total. The third-order valence-corrected chi connectivity index (χ3v) is 5.43. The van der Waals surface area contributed by atoms with E-state index in [1.807, 2.05) is 4.90 Å². The van der Waals surface area contributed by atoms with Crippen molar-refractivity contribution < 1.29 is 14.3 Å². The van der Waals surface area contributed by atoms with E-state index in [1.54, 1.807) is 25.2 Å². The number of aromatic nitrogens is 4. The molecule has 0 saturated heterocycles. The Morgan fingerprint density at radius 2 is 2.03 bits per heavy atom. The molecule has 1 aliphatic heterocycles. The van der Waals surface area contributed by atoms with E-state index < -0.39 is 0 Å². The second kappa shape index (κ2) is 10.0. The minimum atomic E-state index is -0.284. The fraction of sp³-hybridized carbons (Fsp3) is 0.381. The number of carbonyl (C=O) groups excluding carboxylic acids is 2. The molecule has 0 spiro atoms. The van der Waals surface area contributed by atoms with Crippen molar-refractivity contribution in [2.75, 3.05) is 32.8 Å². The number of nitrogens with zero attached hydrogens (tertiary/aromatic N) is 4. The standard InChI is InChI=1S/C21H24ClN7O4/c1-28-19-15(10-25-28)21(32)27-17(26-19)11-29-7-2-5-24-20(31)14-9-13(22)3-4-16(14)33-8-6-23-18(30)12-29/h3-4,9-10H,2,5-8,11-12H2,1H3,(H,23,30)(H,24,31)(H,26,27,32). The first-order valence-electron chi connectivity index (χ1n) is 10.5. The Bertz CT molecular complexity index is 1240. The Morgan fingerprint density at radius 3 is 2.88 bits per heavy atom. The van der Waals surface area contributed by atoms with Crippen LogP contribution in [0.2, 0.25) is 5.02 Å². The zero-order chi connectivity index (χ0) is 23.4. The van der Waals surface area contributed by atoms with Crippen LogP contribution in [0.4, 0.5) is 0 Å². The lowest BCUT2D eigenvalue weighted by atomic mass is 10.2. The van der Waals surface area contributed by atoms with Crippen LogP contribution in [0.3, 0.4) is 0 Å². The molecule has 2 aromatic heterocycles. The number of fused-ring (bicyclic) bond motifs is 2. The van der Waals surface area contributed by atoms with Crippen molar-refractivity contribution >= 4 is 34.4 Å². The van der Waals surface area contributed by atoms with E-state index in [4.69, 9.17) is 16.3 Å². The molecule has 174 valence electrons. The van der Waals surface area contributed by atoms with Crippen molar-refractivity contribution in [2.45, 2.75) is 13.0 Å². The monoisotopic (exact) mass is 473 g/mol. The van der Waals surface area contributed by atoms with E-state index in [0.717, 1.165) is 0 Å². The van der Waals surface area contributed by atoms with E-state index in [2.05, 4.69) is 25.7 Å². The SMILES string of the molecule is Cn1ncc2c(=O)[nH]c(CN3CCCNC(=O)c4cc(Cl)ccc4OCCNC(=O)C3)nc21. The summed E-state index contributed by atoms with van der Waals surface area (Å²) < 4.78 is 7.21. The first kappa shape index (κ1) is 22.7. The number of ether oxygens (including phenoxy) is 1. The van der Waals surface area contributed by atoms with Crippen molar-refractivity contribution in [3.8, 4) is 5.75 Å². The number of aryl methyl sites for hydroxylation is 1. The van der Waals surface area contributed by atoms with Crippen LogP contribution in [-0.2, 0) is 18.4 Å². The van der Waals surface area contributed by atoms with Crippen LogP contribution in [0.15, 0.2) is 29.2 Å². The van der Waals surface area contributed by atoms with Gasteiger partial charge in [0.25, 0.3) is 11.5 Å². The van der Waals surface area contributed by atoms with Gasteiger partial charge in [-0.15, -0.1) is 0 Å². The van der Waals surface area contributed by atoms with E-state index in [1.165, 1.54) is 10.9 Å². The minimum Gasteiger partial charge on any atom is -0.491 e. The smallest absolute Gasteiger partial charge is 0.262 e. The molecule has 0 radical (unpaired) electrons. The summed E-state index contributed by atoms with van der Waals surface area (Å²) in [7, 11) is 1.71. The number of benzene rings is 1. The molecule has 0 bridgehead atoms. The number of amides is 2. The lowest BCUT2D eigenvalue weighted by Gasteiger charge is -2.22. The molecule has 3 heterocycles. The topological polar surface area (TPSA) is 134 Å². The van der Waals surface area contributed by atoms with Crippen molar-refractivity contribution in [1.82, 2.24) is 35.3 Å². The van der Waals surface area contributed by atoms with Gasteiger partial charge in [-0.3, -0.25) is 24.0 Å². The first-order valence-corrected chi connectivity index (χ1v) is 10.9. The summed E-state index contributed by atoms with van der Waals surface area (Å²) in [4.78, 5) is 46.6. The summed E-state index contributed by atoms with van der Waals surface area (Å²) in [5.74, 6) is 0.374. The average Bonchev–Trinajstić information content (AvgIpc) is 3.15. The average molecular weight is 474 g/mol. The van der Waals surface area contributed by atoms with E-state index in [9.17, 15) is 14.4 Å².